The van der Waals surface area contributed by atoms with Gasteiger partial charge in [0.1, 0.15) is 36.5 Å². The molecule has 14 heteroatoms. The predicted octanol–water partition coefficient (Wildman–Crippen LogP) is 3.10. The summed E-state index contributed by atoms with van der Waals surface area (Å²) in [4.78, 5) is 48.2. The Morgan fingerprint density at radius 3 is 2.30 bits per heavy atom. The van der Waals surface area contributed by atoms with Crippen LogP contribution in [-0.4, -0.2) is 75.0 Å². The van der Waals surface area contributed by atoms with Gasteiger partial charge in [0.05, 0.1) is 0 Å². The van der Waals surface area contributed by atoms with Gasteiger partial charge in [-0.2, -0.15) is 0 Å². The summed E-state index contributed by atoms with van der Waals surface area (Å²) in [6, 6.07) is 6.71. The van der Waals surface area contributed by atoms with Crippen LogP contribution < -0.4 is 10.1 Å². The van der Waals surface area contributed by atoms with Crippen LogP contribution in [0.1, 0.15) is 65.3 Å². The van der Waals surface area contributed by atoms with Gasteiger partial charge in [0.15, 0.2) is 23.2 Å². The monoisotopic (exact) mass is 620 g/mol. The van der Waals surface area contributed by atoms with E-state index in [1.165, 1.54) is 27.7 Å². The number of hydrogen-bond acceptors (Lipinski definition) is 12. The second kappa shape index (κ2) is 16.3. The highest BCUT2D eigenvalue weighted by molar-refractivity contribution is 7.99. The van der Waals surface area contributed by atoms with E-state index in [4.69, 9.17) is 23.7 Å². The van der Waals surface area contributed by atoms with Crippen molar-refractivity contribution in [1.82, 2.24) is 20.1 Å². The lowest BCUT2D eigenvalue weighted by atomic mass is 9.97. The first-order valence-electron chi connectivity index (χ1n) is 14.2. The molecule has 1 aromatic heterocycles. The topological polar surface area (TPSA) is 157 Å². The van der Waals surface area contributed by atoms with Crippen LogP contribution in [0.25, 0.3) is 0 Å². The molecule has 0 spiro atoms. The Kier molecular flexibility index (Phi) is 12.8. The molecule has 1 saturated heterocycles. The maximum atomic E-state index is 12.3. The SMILES string of the molecule is CCCCCn1c(COc2ccccc2C)nnc1S[C@@H]1O[C@H](COC(C)=O)[C@H](OC(C)=O)[C@@H](OC(C)=O)[C@@H]1NC(C)=O. The Bertz CT molecular complexity index is 1270. The first-order chi connectivity index (χ1) is 20.5. The van der Waals surface area contributed by atoms with E-state index in [-0.39, 0.29) is 13.2 Å². The minimum absolute atomic E-state index is 0.171. The fourth-order valence-corrected chi connectivity index (χ4v) is 5.80. The normalized spacial score (nSPS) is 21.5. The molecule has 236 valence electrons. The highest BCUT2D eigenvalue weighted by Crippen LogP contribution is 2.36. The van der Waals surface area contributed by atoms with Crippen molar-refractivity contribution in [3.63, 3.8) is 0 Å². The largest absolute Gasteiger partial charge is 0.485 e. The Hall–Kier alpha value is -3.65. The van der Waals surface area contributed by atoms with Crippen LogP contribution in [0.15, 0.2) is 29.4 Å². The first-order valence-corrected chi connectivity index (χ1v) is 15.1. The number of nitrogens with one attached hydrogen (secondary N) is 1. The number of esters is 3. The predicted molar refractivity (Wildman–Crippen MR) is 155 cm³/mol. The first kappa shape index (κ1) is 33.8. The quantitative estimate of drug-likeness (QED) is 0.187. The van der Waals surface area contributed by atoms with Crippen molar-refractivity contribution in [2.45, 2.75) is 109 Å². The molecule has 1 fully saturated rings. The molecular weight excluding hydrogens is 580 g/mol. The number of benzene rings is 1. The van der Waals surface area contributed by atoms with Gasteiger partial charge in [-0.3, -0.25) is 19.2 Å². The molecule has 0 aliphatic carbocycles. The second-order valence-corrected chi connectivity index (χ2v) is 11.2. The zero-order valence-corrected chi connectivity index (χ0v) is 26.2. The van der Waals surface area contributed by atoms with Crippen LogP contribution in [0, 0.1) is 6.92 Å². The number of thioether (sulfide) groups is 1. The number of carbonyl (C=O) groups is 4. The molecule has 0 radical (unpaired) electrons. The van der Waals surface area contributed by atoms with Crippen molar-refractivity contribution < 1.29 is 42.9 Å². The van der Waals surface area contributed by atoms with Crippen LogP contribution >= 0.6 is 11.8 Å². The second-order valence-electron chi connectivity index (χ2n) is 10.1. The minimum atomic E-state index is -1.17. The molecule has 1 aliphatic rings. The Labute approximate surface area is 255 Å². The van der Waals surface area contributed by atoms with E-state index in [1.807, 2.05) is 35.8 Å². The fourth-order valence-electron chi connectivity index (χ4n) is 4.61. The number of nitrogens with zero attached hydrogens (tertiary/aromatic N) is 3. The number of carbonyl (C=O) groups excluding carboxylic acids is 4. The molecule has 1 aliphatic heterocycles. The molecule has 0 unspecified atom stereocenters. The molecule has 0 bridgehead atoms. The number of ether oxygens (including phenoxy) is 5. The van der Waals surface area contributed by atoms with Gasteiger partial charge in [0, 0.05) is 34.2 Å². The van der Waals surface area contributed by atoms with Gasteiger partial charge in [0.2, 0.25) is 5.91 Å². The van der Waals surface area contributed by atoms with E-state index in [0.717, 1.165) is 42.3 Å². The molecule has 43 heavy (non-hydrogen) atoms. The van der Waals surface area contributed by atoms with Crippen molar-refractivity contribution in [1.29, 1.82) is 0 Å². The maximum absolute atomic E-state index is 12.3. The number of amides is 1. The van der Waals surface area contributed by atoms with E-state index in [0.29, 0.717) is 17.5 Å². The Morgan fingerprint density at radius 1 is 0.977 bits per heavy atom. The van der Waals surface area contributed by atoms with E-state index >= 15 is 0 Å². The molecule has 0 saturated carbocycles. The van der Waals surface area contributed by atoms with Crippen LogP contribution in [0.5, 0.6) is 5.75 Å². The third kappa shape index (κ3) is 9.95. The summed E-state index contributed by atoms with van der Waals surface area (Å²) in [5.74, 6) is -0.993. The Morgan fingerprint density at radius 2 is 1.67 bits per heavy atom. The standard InChI is InChI=1S/C29H40N4O9S/c1-7-8-11-14-33-24(16-39-22-13-10-9-12-17(22)2)31-32-29(33)43-28-25(30-18(3)34)27(41-21(6)37)26(40-20(5)36)23(42-28)15-38-19(4)35/h9-10,12-13,23,25-28H,7-8,11,14-16H2,1-6H3,(H,30,34)/t23-,25+,26+,27+,28+/m1/s1. The zero-order valence-electron chi connectivity index (χ0n) is 25.4. The van der Waals surface area contributed by atoms with Gasteiger partial charge >= 0.3 is 17.9 Å². The number of unbranched alkanes of at least 4 members (excludes halogenated alkanes) is 2. The summed E-state index contributed by atoms with van der Waals surface area (Å²) >= 11 is 1.16. The molecule has 3 rings (SSSR count). The van der Waals surface area contributed by atoms with Gasteiger partial charge in [0.25, 0.3) is 0 Å². The fraction of sp³-hybridized carbons (Fsp3) is 0.586. The molecule has 13 nitrogen and oxygen atoms in total. The molecule has 1 amide bonds. The molecule has 2 aromatic rings. The van der Waals surface area contributed by atoms with Crippen molar-refractivity contribution >= 4 is 35.6 Å². The molecule has 1 N–H and O–H groups in total. The molecule has 2 heterocycles. The van der Waals surface area contributed by atoms with E-state index in [9.17, 15) is 19.2 Å². The van der Waals surface area contributed by atoms with Gasteiger partial charge < -0.3 is 33.6 Å². The summed E-state index contributed by atoms with van der Waals surface area (Å²) in [6.45, 7) is 9.51. The minimum Gasteiger partial charge on any atom is -0.485 e. The van der Waals surface area contributed by atoms with Crippen LogP contribution in [-0.2, 0) is 51.3 Å². The summed E-state index contributed by atoms with van der Waals surface area (Å²) < 4.78 is 30.6. The van der Waals surface area contributed by atoms with Crippen molar-refractivity contribution in [2.24, 2.45) is 0 Å². The Balaban J connectivity index is 1.98. The van der Waals surface area contributed by atoms with Crippen molar-refractivity contribution in [2.75, 3.05) is 6.61 Å². The van der Waals surface area contributed by atoms with Gasteiger partial charge in [-0.05, 0) is 25.0 Å². The van der Waals surface area contributed by atoms with Crippen LogP contribution in [0.4, 0.5) is 0 Å². The number of aromatic nitrogens is 3. The smallest absolute Gasteiger partial charge is 0.303 e. The average Bonchev–Trinajstić information content (AvgIpc) is 3.30. The molecular formula is C29H40N4O9S. The molecule has 5 atom stereocenters. The van der Waals surface area contributed by atoms with Gasteiger partial charge in [-0.15, -0.1) is 10.2 Å². The third-order valence-electron chi connectivity index (χ3n) is 6.52. The summed E-state index contributed by atoms with van der Waals surface area (Å²) in [7, 11) is 0. The lowest BCUT2D eigenvalue weighted by Gasteiger charge is -2.44. The lowest BCUT2D eigenvalue weighted by molar-refractivity contribution is -0.211. The number of hydrogen-bond donors (Lipinski definition) is 1. The molecule has 1 aromatic carbocycles. The van der Waals surface area contributed by atoms with E-state index < -0.39 is 53.6 Å². The summed E-state index contributed by atoms with van der Waals surface area (Å²) in [6.07, 6.45) is -0.486. The maximum Gasteiger partial charge on any atom is 0.303 e. The van der Waals surface area contributed by atoms with E-state index in [2.05, 4.69) is 22.4 Å². The van der Waals surface area contributed by atoms with E-state index in [1.54, 1.807) is 0 Å². The summed E-state index contributed by atoms with van der Waals surface area (Å²) in [5.41, 5.74) is 0.0837. The number of rotatable bonds is 14. The lowest BCUT2D eigenvalue weighted by Crippen LogP contribution is -2.65. The van der Waals surface area contributed by atoms with Crippen molar-refractivity contribution in [3.8, 4) is 5.75 Å². The highest BCUT2D eigenvalue weighted by Gasteiger charge is 2.51. The van der Waals surface area contributed by atoms with Crippen LogP contribution in [0.3, 0.4) is 0 Å². The van der Waals surface area contributed by atoms with Gasteiger partial charge in [-0.1, -0.05) is 49.7 Å². The van der Waals surface area contributed by atoms with Gasteiger partial charge in [-0.25, -0.2) is 0 Å². The average molecular weight is 621 g/mol. The zero-order chi connectivity index (χ0) is 31.5. The van der Waals surface area contributed by atoms with Crippen LogP contribution in [0.2, 0.25) is 0 Å². The third-order valence-corrected chi connectivity index (χ3v) is 7.67. The van der Waals surface area contributed by atoms with Crippen molar-refractivity contribution in [3.05, 3.63) is 35.7 Å². The summed E-state index contributed by atoms with van der Waals surface area (Å²) in [5, 5.41) is 12.1. The highest BCUT2D eigenvalue weighted by atomic mass is 32.2. The number of para-hydroxylation sites is 1. The number of aryl methyl sites for hydroxylation is 1.